The van der Waals surface area contributed by atoms with Gasteiger partial charge >= 0.3 is 0 Å². The van der Waals surface area contributed by atoms with Crippen molar-refractivity contribution in [1.82, 2.24) is 4.90 Å². The van der Waals surface area contributed by atoms with Crippen LogP contribution >= 0.6 is 11.8 Å². The van der Waals surface area contributed by atoms with Gasteiger partial charge in [0.2, 0.25) is 0 Å². The topological polar surface area (TPSA) is 31.2 Å². The van der Waals surface area contributed by atoms with Crippen LogP contribution in [0.2, 0.25) is 0 Å². The number of thioether (sulfide) groups is 1. The summed E-state index contributed by atoms with van der Waals surface area (Å²) in [5.41, 5.74) is 2.37. The monoisotopic (exact) mass is 316 g/mol. The second kappa shape index (κ2) is 5.61. The normalized spacial score (nSPS) is 19.6. The highest BCUT2D eigenvalue weighted by Crippen LogP contribution is 2.37. The van der Waals surface area contributed by atoms with Crippen LogP contribution in [0.3, 0.4) is 0 Å². The van der Waals surface area contributed by atoms with Gasteiger partial charge in [0, 0.05) is 43.3 Å². The molecule has 4 nitrogen and oxygen atoms in total. The molecule has 0 aliphatic carbocycles. The van der Waals surface area contributed by atoms with E-state index in [-0.39, 0.29) is 5.54 Å². The quantitative estimate of drug-likeness (QED) is 0.795. The van der Waals surface area contributed by atoms with Gasteiger partial charge in [-0.25, -0.2) is 0 Å². The zero-order valence-corrected chi connectivity index (χ0v) is 14.9. The summed E-state index contributed by atoms with van der Waals surface area (Å²) >= 11 is 1.77. The summed E-state index contributed by atoms with van der Waals surface area (Å²) < 4.78 is 0. The van der Waals surface area contributed by atoms with Crippen LogP contribution in [0, 0.1) is 0 Å². The fourth-order valence-electron chi connectivity index (χ4n) is 2.60. The maximum atomic E-state index is 4.94. The van der Waals surface area contributed by atoms with Gasteiger partial charge in [-0.3, -0.25) is 9.98 Å². The van der Waals surface area contributed by atoms with Crippen molar-refractivity contribution in [2.24, 2.45) is 9.98 Å². The molecule has 2 aliphatic heterocycles. The molecule has 3 rings (SSSR count). The number of anilines is 1. The Balaban J connectivity index is 2.10. The van der Waals surface area contributed by atoms with Crippen LogP contribution in [-0.4, -0.2) is 48.6 Å². The maximum absolute atomic E-state index is 4.94. The third-order valence-corrected chi connectivity index (χ3v) is 4.69. The SMILES string of the molecule is CN(C)c1ccc2c(c1)SC(=NC(C)(C)C)N1CCCN=C21. The van der Waals surface area contributed by atoms with Crippen molar-refractivity contribution in [1.29, 1.82) is 0 Å². The van der Waals surface area contributed by atoms with E-state index in [2.05, 4.69) is 62.9 Å². The van der Waals surface area contributed by atoms with E-state index in [0.717, 1.165) is 30.5 Å². The molecule has 0 aromatic heterocycles. The van der Waals surface area contributed by atoms with Crippen molar-refractivity contribution in [2.75, 3.05) is 32.1 Å². The lowest BCUT2D eigenvalue weighted by atomic mass is 10.1. The van der Waals surface area contributed by atoms with Gasteiger partial charge in [0.25, 0.3) is 0 Å². The summed E-state index contributed by atoms with van der Waals surface area (Å²) in [5, 5.41) is 1.08. The fourth-order valence-corrected chi connectivity index (χ4v) is 3.86. The van der Waals surface area contributed by atoms with Crippen LogP contribution in [0.15, 0.2) is 33.1 Å². The van der Waals surface area contributed by atoms with Crippen LogP contribution in [0.1, 0.15) is 32.8 Å². The summed E-state index contributed by atoms with van der Waals surface area (Å²) in [5.74, 6) is 1.09. The lowest BCUT2D eigenvalue weighted by molar-refractivity contribution is 0.527. The van der Waals surface area contributed by atoms with Gasteiger partial charge in [-0.15, -0.1) is 0 Å². The number of hydrogen-bond donors (Lipinski definition) is 0. The molecular weight excluding hydrogens is 292 g/mol. The second-order valence-corrected chi connectivity index (χ2v) is 7.96. The summed E-state index contributed by atoms with van der Waals surface area (Å²) in [4.78, 5) is 15.4. The molecule has 0 saturated carbocycles. The van der Waals surface area contributed by atoms with Crippen LogP contribution in [0.25, 0.3) is 0 Å². The molecule has 0 N–H and O–H groups in total. The van der Waals surface area contributed by atoms with Gasteiger partial charge in [0.1, 0.15) is 5.84 Å². The molecule has 22 heavy (non-hydrogen) atoms. The van der Waals surface area contributed by atoms with E-state index in [4.69, 9.17) is 9.98 Å². The van der Waals surface area contributed by atoms with E-state index in [9.17, 15) is 0 Å². The Labute approximate surface area is 137 Å². The molecule has 0 amide bonds. The molecule has 0 radical (unpaired) electrons. The summed E-state index contributed by atoms with van der Waals surface area (Å²) in [7, 11) is 4.15. The standard InChI is InChI=1S/C17H24N4S/c1-17(2,3)19-16-21-10-6-9-18-15(21)13-8-7-12(20(4)5)11-14(13)22-16/h7-8,11H,6,9-10H2,1-5H3. The average molecular weight is 316 g/mol. The summed E-state index contributed by atoms with van der Waals surface area (Å²) in [6, 6.07) is 6.61. The molecule has 2 aliphatic rings. The van der Waals surface area contributed by atoms with Crippen LogP contribution in [0.4, 0.5) is 5.69 Å². The predicted octanol–water partition coefficient (Wildman–Crippen LogP) is 3.47. The van der Waals surface area contributed by atoms with Gasteiger partial charge in [-0.2, -0.15) is 0 Å². The highest BCUT2D eigenvalue weighted by molar-refractivity contribution is 8.14. The van der Waals surface area contributed by atoms with E-state index in [0.29, 0.717) is 0 Å². The zero-order valence-electron chi connectivity index (χ0n) is 14.1. The molecule has 1 aromatic carbocycles. The number of amidine groups is 2. The van der Waals surface area contributed by atoms with Crippen LogP contribution in [-0.2, 0) is 0 Å². The lowest BCUT2D eigenvalue weighted by Crippen LogP contribution is -2.43. The zero-order chi connectivity index (χ0) is 15.9. The summed E-state index contributed by atoms with van der Waals surface area (Å²) in [6.07, 6.45) is 1.10. The number of hydrogen-bond acceptors (Lipinski definition) is 4. The minimum atomic E-state index is -0.0818. The molecule has 0 spiro atoms. The minimum absolute atomic E-state index is 0.0818. The Bertz CT molecular complexity index is 641. The Kier molecular flexibility index (Phi) is 3.93. The van der Waals surface area contributed by atoms with E-state index in [1.54, 1.807) is 11.8 Å². The number of aliphatic imine (C=N–C) groups is 2. The van der Waals surface area contributed by atoms with Gasteiger partial charge < -0.3 is 9.80 Å². The molecule has 118 valence electrons. The number of nitrogens with zero attached hydrogens (tertiary/aromatic N) is 4. The van der Waals surface area contributed by atoms with Crippen molar-refractivity contribution >= 4 is 28.5 Å². The first kappa shape index (κ1) is 15.4. The molecule has 0 bridgehead atoms. The smallest absolute Gasteiger partial charge is 0.170 e. The van der Waals surface area contributed by atoms with Crippen molar-refractivity contribution in [2.45, 2.75) is 37.6 Å². The highest BCUT2D eigenvalue weighted by atomic mass is 32.2. The average Bonchev–Trinajstić information content (AvgIpc) is 2.45. The van der Waals surface area contributed by atoms with Crippen LogP contribution < -0.4 is 4.90 Å². The Morgan fingerprint density at radius 1 is 1.27 bits per heavy atom. The number of fused-ring (bicyclic) bond motifs is 3. The Morgan fingerprint density at radius 2 is 2.05 bits per heavy atom. The lowest BCUT2D eigenvalue weighted by Gasteiger charge is -2.36. The van der Waals surface area contributed by atoms with Gasteiger partial charge in [-0.1, -0.05) is 11.8 Å². The molecule has 2 heterocycles. The highest BCUT2D eigenvalue weighted by Gasteiger charge is 2.31. The third-order valence-electron chi connectivity index (χ3n) is 3.64. The van der Waals surface area contributed by atoms with Crippen molar-refractivity contribution in [3.63, 3.8) is 0 Å². The summed E-state index contributed by atoms with van der Waals surface area (Å²) in [6.45, 7) is 8.36. The van der Waals surface area contributed by atoms with Gasteiger partial charge in [-0.05, 0) is 45.4 Å². The van der Waals surface area contributed by atoms with E-state index >= 15 is 0 Å². The maximum Gasteiger partial charge on any atom is 0.170 e. The second-order valence-electron chi connectivity index (χ2n) is 6.95. The molecule has 0 saturated heterocycles. The molecule has 0 unspecified atom stereocenters. The number of benzene rings is 1. The van der Waals surface area contributed by atoms with Gasteiger partial charge in [0.15, 0.2) is 5.17 Å². The predicted molar refractivity (Wildman–Crippen MR) is 96.5 cm³/mol. The van der Waals surface area contributed by atoms with Crippen molar-refractivity contribution < 1.29 is 0 Å². The minimum Gasteiger partial charge on any atom is -0.378 e. The first-order chi connectivity index (χ1) is 10.3. The molecule has 5 heteroatoms. The molecular formula is C17H24N4S. The Hall–Kier alpha value is -1.49. The largest absolute Gasteiger partial charge is 0.378 e. The first-order valence-electron chi connectivity index (χ1n) is 7.76. The van der Waals surface area contributed by atoms with Crippen molar-refractivity contribution in [3.8, 4) is 0 Å². The van der Waals surface area contributed by atoms with Gasteiger partial charge in [0.05, 0.1) is 5.54 Å². The molecule has 0 fully saturated rings. The van der Waals surface area contributed by atoms with Crippen molar-refractivity contribution in [3.05, 3.63) is 23.8 Å². The third kappa shape index (κ3) is 3.00. The fraction of sp³-hybridized carbons (Fsp3) is 0.529. The number of rotatable bonds is 1. The van der Waals surface area contributed by atoms with E-state index < -0.39 is 0 Å². The molecule has 0 atom stereocenters. The van der Waals surface area contributed by atoms with Crippen LogP contribution in [0.5, 0.6) is 0 Å². The first-order valence-corrected chi connectivity index (χ1v) is 8.58. The van der Waals surface area contributed by atoms with E-state index in [1.165, 1.54) is 16.1 Å². The van der Waals surface area contributed by atoms with E-state index in [1.807, 2.05) is 0 Å². The molecule has 1 aromatic rings. The Morgan fingerprint density at radius 3 is 2.73 bits per heavy atom.